The van der Waals surface area contributed by atoms with Crippen molar-refractivity contribution >= 4 is 22.4 Å². The maximum Gasteiger partial charge on any atom is 0.274 e. The first-order valence-electron chi connectivity index (χ1n) is 5.14. The molecule has 4 nitrogen and oxygen atoms in total. The molecule has 5 heteroatoms. The van der Waals surface area contributed by atoms with Gasteiger partial charge in [0.2, 0.25) is 0 Å². The number of nitrogens with two attached hydrogens (primary N) is 1. The van der Waals surface area contributed by atoms with Crippen molar-refractivity contribution in [3.63, 3.8) is 0 Å². The van der Waals surface area contributed by atoms with Crippen molar-refractivity contribution in [2.45, 2.75) is 12.8 Å². The molecule has 0 unspecified atom stereocenters. The van der Waals surface area contributed by atoms with Crippen molar-refractivity contribution in [2.24, 2.45) is 5.92 Å². The summed E-state index contributed by atoms with van der Waals surface area (Å²) >= 11 is 1.27. The summed E-state index contributed by atoms with van der Waals surface area (Å²) in [5.41, 5.74) is 5.90. The molecule has 1 aromatic rings. The molecule has 16 heavy (non-hydrogen) atoms. The number of hydrogen-bond donors (Lipinski definition) is 1. The number of hydrogen-bond acceptors (Lipinski definition) is 4. The largest absolute Gasteiger partial charge is 0.375 e. The van der Waals surface area contributed by atoms with E-state index >= 15 is 0 Å². The van der Waals surface area contributed by atoms with Gasteiger partial charge in [-0.05, 0) is 18.8 Å². The third kappa shape index (κ3) is 2.52. The summed E-state index contributed by atoms with van der Waals surface area (Å²) < 4.78 is 0. The van der Waals surface area contributed by atoms with Gasteiger partial charge in [-0.15, -0.1) is 17.8 Å². The maximum absolute atomic E-state index is 12.0. The van der Waals surface area contributed by atoms with Crippen molar-refractivity contribution in [3.8, 4) is 12.3 Å². The Bertz CT molecular complexity index is 431. The Labute approximate surface area is 98.5 Å². The lowest BCUT2D eigenvalue weighted by molar-refractivity contribution is 0.0765. The molecular formula is C11H13N3OS. The lowest BCUT2D eigenvalue weighted by atomic mass is 10.3. The smallest absolute Gasteiger partial charge is 0.274 e. The fourth-order valence-electron chi connectivity index (χ4n) is 1.49. The molecule has 0 saturated heterocycles. The van der Waals surface area contributed by atoms with Gasteiger partial charge in [-0.1, -0.05) is 5.92 Å². The van der Waals surface area contributed by atoms with Gasteiger partial charge in [0.1, 0.15) is 5.69 Å². The molecule has 2 rings (SSSR count). The molecule has 1 aromatic heterocycles. The summed E-state index contributed by atoms with van der Waals surface area (Å²) in [4.78, 5) is 17.7. The number of rotatable bonds is 4. The summed E-state index contributed by atoms with van der Waals surface area (Å²) in [5.74, 6) is 3.01. The van der Waals surface area contributed by atoms with E-state index in [1.807, 2.05) is 0 Å². The molecule has 1 saturated carbocycles. The van der Waals surface area contributed by atoms with Crippen LogP contribution in [0.15, 0.2) is 5.38 Å². The highest BCUT2D eigenvalue weighted by molar-refractivity contribution is 7.13. The van der Waals surface area contributed by atoms with Crippen LogP contribution in [0.25, 0.3) is 0 Å². The number of carbonyl (C=O) groups excluding carboxylic acids is 1. The van der Waals surface area contributed by atoms with E-state index in [0.717, 1.165) is 6.54 Å². The molecule has 0 spiro atoms. The monoisotopic (exact) mass is 235 g/mol. The Morgan fingerprint density at radius 1 is 1.75 bits per heavy atom. The normalized spacial score (nSPS) is 14.4. The predicted octanol–water partition coefficient (Wildman–Crippen LogP) is 1.21. The van der Waals surface area contributed by atoms with Gasteiger partial charge in [0, 0.05) is 11.9 Å². The number of nitrogen functional groups attached to an aromatic ring is 1. The van der Waals surface area contributed by atoms with Crippen molar-refractivity contribution in [1.82, 2.24) is 9.88 Å². The van der Waals surface area contributed by atoms with Crippen LogP contribution in [-0.2, 0) is 0 Å². The van der Waals surface area contributed by atoms with Crippen LogP contribution in [0.2, 0.25) is 0 Å². The van der Waals surface area contributed by atoms with E-state index in [1.165, 1.54) is 24.2 Å². The topological polar surface area (TPSA) is 59.2 Å². The summed E-state index contributed by atoms with van der Waals surface area (Å²) in [6, 6.07) is 0. The Morgan fingerprint density at radius 3 is 3.00 bits per heavy atom. The minimum Gasteiger partial charge on any atom is -0.375 e. The molecule has 0 radical (unpaired) electrons. The van der Waals surface area contributed by atoms with Crippen LogP contribution in [0.1, 0.15) is 23.3 Å². The highest BCUT2D eigenvalue weighted by Gasteiger charge is 2.27. The van der Waals surface area contributed by atoms with Gasteiger partial charge in [-0.25, -0.2) is 4.98 Å². The van der Waals surface area contributed by atoms with Crippen molar-refractivity contribution in [1.29, 1.82) is 0 Å². The zero-order valence-electron chi connectivity index (χ0n) is 8.85. The second-order valence-electron chi connectivity index (χ2n) is 3.90. The molecule has 0 aliphatic heterocycles. The third-order valence-corrected chi connectivity index (χ3v) is 3.16. The number of anilines is 1. The van der Waals surface area contributed by atoms with Gasteiger partial charge in [0.05, 0.1) is 6.54 Å². The van der Waals surface area contributed by atoms with Gasteiger partial charge in [-0.3, -0.25) is 4.79 Å². The van der Waals surface area contributed by atoms with Crippen molar-refractivity contribution in [3.05, 3.63) is 11.1 Å². The minimum absolute atomic E-state index is 0.113. The lowest BCUT2D eigenvalue weighted by Crippen LogP contribution is -2.33. The molecule has 1 fully saturated rings. The first-order valence-corrected chi connectivity index (χ1v) is 6.02. The zero-order chi connectivity index (χ0) is 11.5. The van der Waals surface area contributed by atoms with Gasteiger partial charge in [0.25, 0.3) is 5.91 Å². The van der Waals surface area contributed by atoms with E-state index in [0.29, 0.717) is 23.3 Å². The molecule has 0 bridgehead atoms. The van der Waals surface area contributed by atoms with Crippen LogP contribution < -0.4 is 5.73 Å². The standard InChI is InChI=1S/C11H13N3OS/c1-2-5-14(6-8-3-4-8)10(15)9-7-16-11(12)13-9/h1,7-8H,3-6H2,(H2,12,13). The number of terminal acetylenes is 1. The molecule has 1 aliphatic rings. The Morgan fingerprint density at radius 2 is 2.50 bits per heavy atom. The zero-order valence-corrected chi connectivity index (χ0v) is 9.67. The molecule has 2 N–H and O–H groups in total. The van der Waals surface area contributed by atoms with Crippen LogP contribution in [0, 0.1) is 18.3 Å². The first kappa shape index (κ1) is 11.0. The van der Waals surface area contributed by atoms with E-state index in [-0.39, 0.29) is 5.91 Å². The first-order chi connectivity index (χ1) is 7.70. The van der Waals surface area contributed by atoms with E-state index in [4.69, 9.17) is 12.2 Å². The van der Waals surface area contributed by atoms with Crippen LogP contribution in [0.4, 0.5) is 5.13 Å². The summed E-state index contributed by atoms with van der Waals surface area (Å²) in [6.45, 7) is 1.08. The number of aromatic nitrogens is 1. The molecule has 84 valence electrons. The number of nitrogens with zero attached hydrogens (tertiary/aromatic N) is 2. The molecular weight excluding hydrogens is 222 g/mol. The van der Waals surface area contributed by atoms with Crippen molar-refractivity contribution < 1.29 is 4.79 Å². The maximum atomic E-state index is 12.0. The summed E-state index contributed by atoms with van der Waals surface area (Å²) in [5, 5.41) is 2.09. The number of carbonyl (C=O) groups is 1. The Balaban J connectivity index is 2.06. The predicted molar refractivity (Wildman–Crippen MR) is 64.0 cm³/mol. The van der Waals surface area contributed by atoms with E-state index in [2.05, 4.69) is 10.9 Å². The average molecular weight is 235 g/mol. The molecule has 0 aromatic carbocycles. The van der Waals surface area contributed by atoms with Gasteiger partial charge in [-0.2, -0.15) is 0 Å². The fraction of sp³-hybridized carbons (Fsp3) is 0.455. The van der Waals surface area contributed by atoms with Crippen LogP contribution in [-0.4, -0.2) is 28.9 Å². The average Bonchev–Trinajstić information content (AvgIpc) is 2.97. The Hall–Kier alpha value is -1.54. The molecule has 1 aliphatic carbocycles. The minimum atomic E-state index is -0.113. The number of amides is 1. The third-order valence-electron chi connectivity index (χ3n) is 2.49. The second-order valence-corrected chi connectivity index (χ2v) is 4.79. The number of thiazole rings is 1. The quantitative estimate of drug-likeness (QED) is 0.798. The summed E-state index contributed by atoms with van der Waals surface area (Å²) in [6.07, 6.45) is 7.64. The molecule has 0 atom stereocenters. The van der Waals surface area contributed by atoms with E-state index in [9.17, 15) is 4.79 Å². The lowest BCUT2D eigenvalue weighted by Gasteiger charge is -2.18. The van der Waals surface area contributed by atoms with Crippen molar-refractivity contribution in [2.75, 3.05) is 18.8 Å². The van der Waals surface area contributed by atoms with E-state index in [1.54, 1.807) is 10.3 Å². The van der Waals surface area contributed by atoms with Crippen LogP contribution >= 0.6 is 11.3 Å². The van der Waals surface area contributed by atoms with Gasteiger partial charge < -0.3 is 10.6 Å². The molecule has 1 amide bonds. The van der Waals surface area contributed by atoms with Crippen LogP contribution in [0.5, 0.6) is 0 Å². The SMILES string of the molecule is C#CCN(CC1CC1)C(=O)c1csc(N)n1. The highest BCUT2D eigenvalue weighted by Crippen LogP contribution is 2.30. The highest BCUT2D eigenvalue weighted by atomic mass is 32.1. The van der Waals surface area contributed by atoms with Crippen LogP contribution in [0.3, 0.4) is 0 Å². The Kier molecular flexibility index (Phi) is 3.11. The van der Waals surface area contributed by atoms with Gasteiger partial charge in [0.15, 0.2) is 5.13 Å². The van der Waals surface area contributed by atoms with E-state index < -0.39 is 0 Å². The van der Waals surface area contributed by atoms with Gasteiger partial charge >= 0.3 is 0 Å². The fourth-order valence-corrected chi connectivity index (χ4v) is 2.03. The summed E-state index contributed by atoms with van der Waals surface area (Å²) in [7, 11) is 0. The second kappa shape index (κ2) is 4.54. The molecule has 1 heterocycles.